The Morgan fingerprint density at radius 3 is 2.86 bits per heavy atom. The molecule has 4 nitrogen and oxygen atoms in total. The quantitative estimate of drug-likeness (QED) is 0.645. The minimum absolute atomic E-state index is 0.0538. The largest absolute Gasteiger partial charge is 0.399 e. The van der Waals surface area contributed by atoms with Gasteiger partial charge in [-0.2, -0.15) is 0 Å². The molecule has 1 saturated heterocycles. The van der Waals surface area contributed by atoms with Crippen LogP contribution < -0.4 is 11.1 Å². The molecule has 1 aromatic carbocycles. The smallest absolute Gasteiger partial charge is 0.244 e. The Hall–Kier alpha value is -1.81. The van der Waals surface area contributed by atoms with Crippen molar-refractivity contribution in [1.82, 2.24) is 10.2 Å². The lowest BCUT2D eigenvalue weighted by Gasteiger charge is -2.29. The van der Waals surface area contributed by atoms with E-state index >= 15 is 0 Å². The normalized spacial score (nSPS) is 17.8. The first-order valence-corrected chi connectivity index (χ1v) is 7.70. The van der Waals surface area contributed by atoms with Crippen LogP contribution in [-0.4, -0.2) is 36.5 Å². The molecule has 0 spiro atoms. The van der Waals surface area contributed by atoms with E-state index < -0.39 is 0 Å². The molecule has 1 fully saturated rings. The second kappa shape index (κ2) is 7.84. The molecule has 1 aromatic rings. The number of nitrogens with zero attached hydrogens (tertiary/aromatic N) is 1. The van der Waals surface area contributed by atoms with Crippen LogP contribution in [0.4, 0.5) is 5.69 Å². The highest BCUT2D eigenvalue weighted by molar-refractivity contribution is 5.92. The van der Waals surface area contributed by atoms with Gasteiger partial charge < -0.3 is 16.0 Å². The molecule has 1 amide bonds. The fourth-order valence-electron chi connectivity index (χ4n) is 2.70. The van der Waals surface area contributed by atoms with E-state index in [1.165, 1.54) is 19.3 Å². The number of benzene rings is 1. The Kier molecular flexibility index (Phi) is 5.81. The van der Waals surface area contributed by atoms with Gasteiger partial charge >= 0.3 is 0 Å². The van der Waals surface area contributed by atoms with Crippen LogP contribution in [0.2, 0.25) is 0 Å². The second-order valence-electron chi connectivity index (χ2n) is 5.77. The van der Waals surface area contributed by atoms with Gasteiger partial charge in [-0.05, 0) is 56.6 Å². The molecule has 1 heterocycles. The molecular formula is C17H25N3O. The zero-order chi connectivity index (χ0) is 15.1. The molecule has 0 saturated carbocycles. The molecule has 1 aliphatic heterocycles. The van der Waals surface area contributed by atoms with Gasteiger partial charge in [-0.3, -0.25) is 4.79 Å². The zero-order valence-corrected chi connectivity index (χ0v) is 12.7. The van der Waals surface area contributed by atoms with Gasteiger partial charge in [0.15, 0.2) is 0 Å². The summed E-state index contributed by atoms with van der Waals surface area (Å²) in [6.45, 7) is 5.29. The Bertz CT molecular complexity index is 493. The van der Waals surface area contributed by atoms with Gasteiger partial charge in [0.2, 0.25) is 5.91 Å². The molecule has 3 N–H and O–H groups in total. The molecule has 0 aromatic heterocycles. The van der Waals surface area contributed by atoms with Crippen LogP contribution >= 0.6 is 0 Å². The molecule has 0 bridgehead atoms. The maximum absolute atomic E-state index is 11.9. The summed E-state index contributed by atoms with van der Waals surface area (Å²) < 4.78 is 0. The number of hydrogen-bond donors (Lipinski definition) is 2. The van der Waals surface area contributed by atoms with Gasteiger partial charge in [-0.1, -0.05) is 18.6 Å². The van der Waals surface area contributed by atoms with E-state index in [4.69, 9.17) is 5.73 Å². The third-order valence-electron chi connectivity index (χ3n) is 3.71. The number of carbonyl (C=O) groups excluding carboxylic acids is 1. The first-order valence-electron chi connectivity index (χ1n) is 7.70. The number of hydrogen-bond acceptors (Lipinski definition) is 3. The molecule has 1 unspecified atom stereocenters. The molecule has 114 valence electrons. The van der Waals surface area contributed by atoms with E-state index in [1.54, 1.807) is 12.2 Å². The lowest BCUT2D eigenvalue weighted by atomic mass is 10.1. The highest BCUT2D eigenvalue weighted by atomic mass is 16.1. The van der Waals surface area contributed by atoms with E-state index in [1.807, 2.05) is 24.3 Å². The maximum Gasteiger partial charge on any atom is 0.244 e. The fourth-order valence-corrected chi connectivity index (χ4v) is 2.70. The fraction of sp³-hybridized carbons (Fsp3) is 0.471. The van der Waals surface area contributed by atoms with Crippen LogP contribution in [0.1, 0.15) is 31.7 Å². The SMILES string of the molecule is CC(CN1CCCCC1)NC(=O)/C=C/c1cccc(N)c1. The molecule has 1 aliphatic rings. The third-order valence-corrected chi connectivity index (χ3v) is 3.71. The van der Waals surface area contributed by atoms with Crippen LogP contribution in [0.25, 0.3) is 6.08 Å². The number of nitrogens with two attached hydrogens (primary N) is 1. The molecular weight excluding hydrogens is 262 g/mol. The molecule has 2 rings (SSSR count). The van der Waals surface area contributed by atoms with E-state index in [-0.39, 0.29) is 11.9 Å². The van der Waals surface area contributed by atoms with Crippen LogP contribution in [0.5, 0.6) is 0 Å². The van der Waals surface area contributed by atoms with E-state index in [0.29, 0.717) is 5.69 Å². The van der Waals surface area contributed by atoms with Gasteiger partial charge in [-0.25, -0.2) is 0 Å². The highest BCUT2D eigenvalue weighted by Gasteiger charge is 2.13. The van der Waals surface area contributed by atoms with Crippen molar-refractivity contribution in [3.05, 3.63) is 35.9 Å². The van der Waals surface area contributed by atoms with Gasteiger partial charge in [0.1, 0.15) is 0 Å². The average molecular weight is 287 g/mol. The molecule has 0 radical (unpaired) electrons. The number of likely N-dealkylation sites (tertiary alicyclic amines) is 1. The van der Waals surface area contributed by atoms with Crippen molar-refractivity contribution < 1.29 is 4.79 Å². The van der Waals surface area contributed by atoms with Crippen molar-refractivity contribution >= 4 is 17.7 Å². The summed E-state index contributed by atoms with van der Waals surface area (Å²) in [6.07, 6.45) is 7.24. The monoisotopic (exact) mass is 287 g/mol. The summed E-state index contributed by atoms with van der Waals surface area (Å²) in [5.41, 5.74) is 7.35. The van der Waals surface area contributed by atoms with Gasteiger partial charge in [0.05, 0.1) is 0 Å². The van der Waals surface area contributed by atoms with E-state index in [9.17, 15) is 4.79 Å². The number of piperidine rings is 1. The summed E-state index contributed by atoms with van der Waals surface area (Å²) in [4.78, 5) is 14.3. The summed E-state index contributed by atoms with van der Waals surface area (Å²) in [5.74, 6) is -0.0538. The van der Waals surface area contributed by atoms with Crippen molar-refractivity contribution in [2.24, 2.45) is 0 Å². The lowest BCUT2D eigenvalue weighted by Crippen LogP contribution is -2.43. The van der Waals surface area contributed by atoms with Crippen molar-refractivity contribution in [2.75, 3.05) is 25.4 Å². The Morgan fingerprint density at radius 1 is 1.38 bits per heavy atom. The highest BCUT2D eigenvalue weighted by Crippen LogP contribution is 2.09. The van der Waals surface area contributed by atoms with Crippen LogP contribution in [0.3, 0.4) is 0 Å². The van der Waals surface area contributed by atoms with E-state index in [0.717, 1.165) is 25.2 Å². The topological polar surface area (TPSA) is 58.4 Å². The summed E-state index contributed by atoms with van der Waals surface area (Å²) >= 11 is 0. The number of carbonyl (C=O) groups is 1. The first kappa shape index (κ1) is 15.6. The van der Waals surface area contributed by atoms with Gasteiger partial charge in [0, 0.05) is 24.4 Å². The average Bonchev–Trinajstić information content (AvgIpc) is 2.46. The Morgan fingerprint density at radius 2 is 2.14 bits per heavy atom. The number of rotatable bonds is 5. The predicted octanol–water partition coefficient (Wildman–Crippen LogP) is 2.27. The first-order chi connectivity index (χ1) is 10.1. The molecule has 4 heteroatoms. The summed E-state index contributed by atoms with van der Waals surface area (Å²) in [7, 11) is 0. The Labute approximate surface area is 127 Å². The van der Waals surface area contributed by atoms with Gasteiger partial charge in [-0.15, -0.1) is 0 Å². The lowest BCUT2D eigenvalue weighted by molar-refractivity contribution is -0.117. The second-order valence-corrected chi connectivity index (χ2v) is 5.77. The standard InChI is InChI=1S/C17H25N3O/c1-14(13-20-10-3-2-4-11-20)19-17(21)9-8-15-6-5-7-16(18)12-15/h5-9,12,14H,2-4,10-11,13,18H2,1H3,(H,19,21)/b9-8+. The number of anilines is 1. The van der Waals surface area contributed by atoms with Crippen molar-refractivity contribution in [2.45, 2.75) is 32.2 Å². The van der Waals surface area contributed by atoms with Gasteiger partial charge in [0.25, 0.3) is 0 Å². The third kappa shape index (κ3) is 5.60. The van der Waals surface area contributed by atoms with Crippen molar-refractivity contribution in [3.8, 4) is 0 Å². The Balaban J connectivity index is 1.77. The van der Waals surface area contributed by atoms with Crippen molar-refractivity contribution in [3.63, 3.8) is 0 Å². The number of nitrogen functional groups attached to an aromatic ring is 1. The van der Waals surface area contributed by atoms with Crippen LogP contribution in [-0.2, 0) is 4.79 Å². The van der Waals surface area contributed by atoms with Crippen molar-refractivity contribution in [1.29, 1.82) is 0 Å². The number of amides is 1. The summed E-state index contributed by atoms with van der Waals surface area (Å²) in [5, 5.41) is 3.01. The maximum atomic E-state index is 11.9. The molecule has 0 aliphatic carbocycles. The van der Waals surface area contributed by atoms with E-state index in [2.05, 4.69) is 17.1 Å². The molecule has 21 heavy (non-hydrogen) atoms. The zero-order valence-electron chi connectivity index (χ0n) is 12.7. The summed E-state index contributed by atoms with van der Waals surface area (Å²) in [6, 6.07) is 7.66. The minimum Gasteiger partial charge on any atom is -0.399 e. The van der Waals surface area contributed by atoms with Crippen LogP contribution in [0, 0.1) is 0 Å². The number of nitrogens with one attached hydrogen (secondary N) is 1. The minimum atomic E-state index is -0.0538. The van der Waals surface area contributed by atoms with Crippen LogP contribution in [0.15, 0.2) is 30.3 Å². The molecule has 1 atom stereocenters. The predicted molar refractivity (Wildman–Crippen MR) is 87.8 cm³/mol.